The molecular formula is C16H28N2O. The molecule has 0 spiro atoms. The van der Waals surface area contributed by atoms with Crippen molar-refractivity contribution < 1.29 is 4.74 Å². The summed E-state index contributed by atoms with van der Waals surface area (Å²) >= 11 is 0. The highest BCUT2D eigenvalue weighted by molar-refractivity contribution is 5.15. The van der Waals surface area contributed by atoms with E-state index in [4.69, 9.17) is 4.74 Å². The molecule has 0 saturated heterocycles. The van der Waals surface area contributed by atoms with Gasteiger partial charge in [-0.1, -0.05) is 26.8 Å². The number of aromatic nitrogens is 1. The molecule has 1 heterocycles. The van der Waals surface area contributed by atoms with E-state index < -0.39 is 0 Å². The molecule has 0 radical (unpaired) electrons. The minimum atomic E-state index is 0.225. The molecule has 0 bridgehead atoms. The van der Waals surface area contributed by atoms with Gasteiger partial charge in [-0.3, -0.25) is 4.98 Å². The molecule has 0 saturated carbocycles. The molecule has 108 valence electrons. The largest absolute Gasteiger partial charge is 0.377 e. The van der Waals surface area contributed by atoms with Crippen LogP contribution in [0.5, 0.6) is 0 Å². The van der Waals surface area contributed by atoms with Gasteiger partial charge in [-0.25, -0.2) is 0 Å². The van der Waals surface area contributed by atoms with Crippen molar-refractivity contribution in [3.8, 4) is 0 Å². The van der Waals surface area contributed by atoms with E-state index in [2.05, 4.69) is 50.1 Å². The molecule has 1 N–H and O–H groups in total. The average Bonchev–Trinajstić information content (AvgIpc) is 2.43. The van der Waals surface area contributed by atoms with Gasteiger partial charge in [-0.05, 0) is 37.9 Å². The van der Waals surface area contributed by atoms with Crippen molar-refractivity contribution in [2.24, 2.45) is 5.92 Å². The molecule has 1 aromatic heterocycles. The van der Waals surface area contributed by atoms with Gasteiger partial charge in [-0.15, -0.1) is 0 Å². The zero-order chi connectivity index (χ0) is 14.3. The van der Waals surface area contributed by atoms with Crippen molar-refractivity contribution in [1.82, 2.24) is 10.3 Å². The summed E-state index contributed by atoms with van der Waals surface area (Å²) < 4.78 is 5.88. The lowest BCUT2D eigenvalue weighted by molar-refractivity contribution is 0.00514. The highest BCUT2D eigenvalue weighted by atomic mass is 16.5. The molecule has 0 aliphatic carbocycles. The molecule has 0 aromatic carbocycles. The molecule has 3 nitrogen and oxygen atoms in total. The number of rotatable bonds is 8. The van der Waals surface area contributed by atoms with Crippen LogP contribution in [0.3, 0.4) is 0 Å². The first-order valence-electron chi connectivity index (χ1n) is 7.35. The number of likely N-dealkylation sites (N-methyl/N-ethyl adjacent to an activating group) is 1. The zero-order valence-corrected chi connectivity index (χ0v) is 12.9. The molecule has 0 amide bonds. The van der Waals surface area contributed by atoms with Crippen molar-refractivity contribution in [3.63, 3.8) is 0 Å². The minimum Gasteiger partial charge on any atom is -0.377 e. The van der Waals surface area contributed by atoms with E-state index in [0.29, 0.717) is 12.0 Å². The fourth-order valence-electron chi connectivity index (χ4n) is 2.36. The van der Waals surface area contributed by atoms with Gasteiger partial charge in [0.05, 0.1) is 6.10 Å². The molecule has 0 aliphatic rings. The van der Waals surface area contributed by atoms with Crippen LogP contribution >= 0.6 is 0 Å². The van der Waals surface area contributed by atoms with E-state index in [-0.39, 0.29) is 6.10 Å². The topological polar surface area (TPSA) is 34.1 Å². The van der Waals surface area contributed by atoms with Crippen LogP contribution in [0.1, 0.15) is 39.0 Å². The van der Waals surface area contributed by atoms with E-state index in [1.807, 2.05) is 13.2 Å². The number of pyridine rings is 1. The second-order valence-corrected chi connectivity index (χ2v) is 5.27. The van der Waals surface area contributed by atoms with E-state index in [0.717, 1.165) is 25.1 Å². The smallest absolute Gasteiger partial charge is 0.0754 e. The third-order valence-corrected chi connectivity index (χ3v) is 3.51. The van der Waals surface area contributed by atoms with Crippen LogP contribution in [0, 0.1) is 5.92 Å². The lowest BCUT2D eigenvalue weighted by atomic mass is 9.95. The summed E-state index contributed by atoms with van der Waals surface area (Å²) in [4.78, 5) is 4.54. The van der Waals surface area contributed by atoms with Gasteiger partial charge < -0.3 is 10.1 Å². The standard InChI is InChI=1S/C16H28N2O/c1-6-13-8-9-14(18-11-13)10-15(17-5)16(12(3)4)19-7-2/h8-9,11-12,15-17H,6-7,10H2,1-5H3. The van der Waals surface area contributed by atoms with Gasteiger partial charge in [0.1, 0.15) is 0 Å². The predicted octanol–water partition coefficient (Wildman–Crippen LogP) is 2.84. The summed E-state index contributed by atoms with van der Waals surface area (Å²) in [5, 5.41) is 3.38. The van der Waals surface area contributed by atoms with Gasteiger partial charge in [-0.2, -0.15) is 0 Å². The normalized spacial score (nSPS) is 14.6. The van der Waals surface area contributed by atoms with Crippen LogP contribution in [0.2, 0.25) is 0 Å². The van der Waals surface area contributed by atoms with Crippen molar-refractivity contribution in [2.75, 3.05) is 13.7 Å². The quantitative estimate of drug-likeness (QED) is 0.784. The van der Waals surface area contributed by atoms with Gasteiger partial charge in [0, 0.05) is 31.0 Å². The molecule has 0 fully saturated rings. The lowest BCUT2D eigenvalue weighted by Gasteiger charge is -2.29. The lowest BCUT2D eigenvalue weighted by Crippen LogP contribution is -2.44. The highest BCUT2D eigenvalue weighted by Crippen LogP contribution is 2.15. The Balaban J connectivity index is 2.73. The molecular weight excluding hydrogens is 236 g/mol. The first-order chi connectivity index (χ1) is 9.12. The monoisotopic (exact) mass is 264 g/mol. The second kappa shape index (κ2) is 8.28. The summed E-state index contributed by atoms with van der Waals surface area (Å²) in [7, 11) is 2.00. The van der Waals surface area contributed by atoms with E-state index >= 15 is 0 Å². The molecule has 19 heavy (non-hydrogen) atoms. The van der Waals surface area contributed by atoms with E-state index in [1.165, 1.54) is 5.56 Å². The number of ether oxygens (including phenoxy) is 1. The number of hydrogen-bond acceptors (Lipinski definition) is 3. The Labute approximate surface area is 117 Å². The molecule has 1 aromatic rings. The fourth-order valence-corrected chi connectivity index (χ4v) is 2.36. The van der Waals surface area contributed by atoms with Crippen LogP contribution in [0.4, 0.5) is 0 Å². The fraction of sp³-hybridized carbons (Fsp3) is 0.688. The van der Waals surface area contributed by atoms with Gasteiger partial charge in [0.2, 0.25) is 0 Å². The first kappa shape index (κ1) is 16.1. The Kier molecular flexibility index (Phi) is 7.03. The zero-order valence-electron chi connectivity index (χ0n) is 12.9. The summed E-state index contributed by atoms with van der Waals surface area (Å²) in [6, 6.07) is 4.60. The third-order valence-electron chi connectivity index (χ3n) is 3.51. The maximum absolute atomic E-state index is 5.88. The van der Waals surface area contributed by atoms with Crippen LogP contribution in [0.15, 0.2) is 18.3 Å². The first-order valence-corrected chi connectivity index (χ1v) is 7.35. The summed E-state index contributed by atoms with van der Waals surface area (Å²) in [6.45, 7) is 9.37. The Morgan fingerprint density at radius 1 is 1.26 bits per heavy atom. The van der Waals surface area contributed by atoms with Gasteiger partial charge >= 0.3 is 0 Å². The Bertz CT molecular complexity index is 348. The van der Waals surface area contributed by atoms with Crippen molar-refractivity contribution in [3.05, 3.63) is 29.6 Å². The highest BCUT2D eigenvalue weighted by Gasteiger charge is 2.24. The molecule has 2 atom stereocenters. The average molecular weight is 264 g/mol. The Morgan fingerprint density at radius 2 is 2.00 bits per heavy atom. The second-order valence-electron chi connectivity index (χ2n) is 5.27. The Morgan fingerprint density at radius 3 is 2.42 bits per heavy atom. The van der Waals surface area contributed by atoms with Gasteiger partial charge in [0.25, 0.3) is 0 Å². The van der Waals surface area contributed by atoms with Crippen molar-refractivity contribution in [2.45, 2.75) is 52.7 Å². The number of nitrogens with zero attached hydrogens (tertiary/aromatic N) is 1. The van der Waals surface area contributed by atoms with Gasteiger partial charge in [0.15, 0.2) is 0 Å². The third kappa shape index (κ3) is 4.92. The molecule has 0 aliphatic heterocycles. The van der Waals surface area contributed by atoms with Crippen molar-refractivity contribution >= 4 is 0 Å². The van der Waals surface area contributed by atoms with Crippen LogP contribution in [-0.2, 0) is 17.6 Å². The van der Waals surface area contributed by atoms with E-state index in [1.54, 1.807) is 0 Å². The van der Waals surface area contributed by atoms with Crippen LogP contribution in [-0.4, -0.2) is 30.8 Å². The molecule has 3 heteroatoms. The van der Waals surface area contributed by atoms with E-state index in [9.17, 15) is 0 Å². The summed E-state index contributed by atoms with van der Waals surface area (Å²) in [5.41, 5.74) is 2.41. The number of hydrogen-bond donors (Lipinski definition) is 1. The molecule has 1 rings (SSSR count). The summed E-state index contributed by atoms with van der Waals surface area (Å²) in [6.07, 6.45) is 4.15. The van der Waals surface area contributed by atoms with Crippen LogP contribution < -0.4 is 5.32 Å². The molecule has 2 unspecified atom stereocenters. The SMILES string of the molecule is CCOC(C(C)C)C(Cc1ccc(CC)cn1)NC. The number of nitrogens with one attached hydrogen (secondary N) is 1. The Hall–Kier alpha value is -0.930. The predicted molar refractivity (Wildman–Crippen MR) is 80.4 cm³/mol. The minimum absolute atomic E-state index is 0.225. The van der Waals surface area contributed by atoms with Crippen molar-refractivity contribution in [1.29, 1.82) is 0 Å². The summed E-state index contributed by atoms with van der Waals surface area (Å²) in [5.74, 6) is 0.493. The maximum atomic E-state index is 5.88. The maximum Gasteiger partial charge on any atom is 0.0754 e. The number of aryl methyl sites for hydroxylation is 1. The van der Waals surface area contributed by atoms with Crippen LogP contribution in [0.25, 0.3) is 0 Å².